The van der Waals surface area contributed by atoms with Gasteiger partial charge in [-0.2, -0.15) is 11.3 Å². The lowest BCUT2D eigenvalue weighted by Crippen LogP contribution is -2.30. The van der Waals surface area contributed by atoms with E-state index in [-0.39, 0.29) is 12.5 Å². The molecular formula is C18H16N2O3S2. The van der Waals surface area contributed by atoms with Crippen molar-refractivity contribution in [3.05, 3.63) is 57.7 Å². The normalized spacial score (nSPS) is 11.0. The predicted octanol–water partition coefficient (Wildman–Crippen LogP) is 3.27. The molecule has 1 amide bonds. The van der Waals surface area contributed by atoms with Gasteiger partial charge in [-0.15, -0.1) is 11.3 Å². The number of aromatic nitrogens is 1. The molecule has 5 nitrogen and oxygen atoms in total. The number of nitrogens with zero attached hydrogens (tertiary/aromatic N) is 1. The van der Waals surface area contributed by atoms with Gasteiger partial charge in [-0.25, -0.2) is 9.78 Å². The first-order valence-electron chi connectivity index (χ1n) is 7.69. The van der Waals surface area contributed by atoms with E-state index in [1.807, 2.05) is 41.1 Å². The Balaban J connectivity index is 1.37. The Morgan fingerprint density at radius 1 is 1.24 bits per heavy atom. The highest BCUT2D eigenvalue weighted by Crippen LogP contribution is 2.21. The van der Waals surface area contributed by atoms with E-state index in [1.54, 1.807) is 28.7 Å². The average Bonchev–Trinajstić information content (AvgIpc) is 3.27. The maximum absolute atomic E-state index is 11.7. The molecule has 1 N–H and O–H groups in total. The van der Waals surface area contributed by atoms with Gasteiger partial charge in [-0.05, 0) is 40.6 Å². The monoisotopic (exact) mass is 372 g/mol. The maximum Gasteiger partial charge on any atom is 0.331 e. The molecule has 128 valence electrons. The summed E-state index contributed by atoms with van der Waals surface area (Å²) in [5.41, 5.74) is 1.91. The summed E-state index contributed by atoms with van der Waals surface area (Å²) in [6.07, 6.45) is 3.62. The van der Waals surface area contributed by atoms with Gasteiger partial charge in [0.05, 0.1) is 15.2 Å². The van der Waals surface area contributed by atoms with Crippen molar-refractivity contribution in [2.24, 2.45) is 0 Å². The second-order valence-corrected chi connectivity index (χ2v) is 7.07. The second kappa shape index (κ2) is 8.55. The third kappa shape index (κ3) is 5.23. The van der Waals surface area contributed by atoms with E-state index < -0.39 is 5.97 Å². The molecule has 0 radical (unpaired) electrons. The molecule has 0 aliphatic rings. The Bertz CT molecular complexity index is 852. The lowest BCUT2D eigenvalue weighted by Gasteiger charge is -2.04. The minimum Gasteiger partial charge on any atom is -0.452 e. The summed E-state index contributed by atoms with van der Waals surface area (Å²) in [6, 6.07) is 9.82. The summed E-state index contributed by atoms with van der Waals surface area (Å²) in [5.74, 6) is -0.856. The molecule has 0 unspecified atom stereocenters. The number of ether oxygens (including phenoxy) is 1. The van der Waals surface area contributed by atoms with Crippen LogP contribution in [0.1, 0.15) is 10.6 Å². The molecule has 7 heteroatoms. The molecule has 3 rings (SSSR count). The zero-order valence-corrected chi connectivity index (χ0v) is 14.9. The van der Waals surface area contributed by atoms with Crippen molar-refractivity contribution < 1.29 is 14.3 Å². The van der Waals surface area contributed by atoms with Crippen LogP contribution in [0.2, 0.25) is 0 Å². The standard InChI is InChI=1S/C18H16N2O3S2/c21-16(11-23-18(22)6-5-13-8-10-24-12-13)19-9-7-17-20-14-3-1-2-4-15(14)25-17/h1-6,8,10,12H,7,9,11H2,(H,19,21)/b6-5+. The van der Waals surface area contributed by atoms with E-state index in [2.05, 4.69) is 10.3 Å². The van der Waals surface area contributed by atoms with Crippen LogP contribution in [0.3, 0.4) is 0 Å². The van der Waals surface area contributed by atoms with Crippen LogP contribution < -0.4 is 5.32 Å². The number of fused-ring (bicyclic) bond motifs is 1. The van der Waals surface area contributed by atoms with Gasteiger partial charge in [-0.1, -0.05) is 12.1 Å². The van der Waals surface area contributed by atoms with Crippen LogP contribution >= 0.6 is 22.7 Å². The largest absolute Gasteiger partial charge is 0.452 e. The minimum absolute atomic E-state index is 0.285. The summed E-state index contributed by atoms with van der Waals surface area (Å²) < 4.78 is 6.04. The van der Waals surface area contributed by atoms with E-state index in [4.69, 9.17) is 4.74 Å². The molecule has 2 aromatic heterocycles. The van der Waals surface area contributed by atoms with Crippen molar-refractivity contribution in [2.45, 2.75) is 6.42 Å². The van der Waals surface area contributed by atoms with Crippen LogP contribution in [-0.4, -0.2) is 30.0 Å². The Kier molecular flexibility index (Phi) is 5.92. The molecule has 0 fully saturated rings. The molecular weight excluding hydrogens is 356 g/mol. The third-order valence-electron chi connectivity index (χ3n) is 3.30. The number of benzene rings is 1. The van der Waals surface area contributed by atoms with Gasteiger partial charge < -0.3 is 10.1 Å². The van der Waals surface area contributed by atoms with E-state index in [9.17, 15) is 9.59 Å². The lowest BCUT2D eigenvalue weighted by molar-refractivity contribution is -0.143. The van der Waals surface area contributed by atoms with Gasteiger partial charge in [0, 0.05) is 19.0 Å². The van der Waals surface area contributed by atoms with Crippen molar-refractivity contribution in [3.63, 3.8) is 0 Å². The zero-order chi connectivity index (χ0) is 17.5. The Morgan fingerprint density at radius 2 is 2.12 bits per heavy atom. The predicted molar refractivity (Wildman–Crippen MR) is 101 cm³/mol. The summed E-state index contributed by atoms with van der Waals surface area (Å²) in [6.45, 7) is 0.174. The van der Waals surface area contributed by atoms with Gasteiger partial charge in [0.1, 0.15) is 0 Å². The van der Waals surface area contributed by atoms with Crippen LogP contribution in [-0.2, 0) is 20.7 Å². The van der Waals surface area contributed by atoms with Crippen LogP contribution in [0.4, 0.5) is 0 Å². The molecule has 0 spiro atoms. The van der Waals surface area contributed by atoms with Crippen molar-refractivity contribution in [2.75, 3.05) is 13.2 Å². The first kappa shape index (κ1) is 17.3. The number of nitrogens with one attached hydrogen (secondary N) is 1. The highest BCUT2D eigenvalue weighted by atomic mass is 32.1. The number of thiophene rings is 1. The number of esters is 1. The Morgan fingerprint density at radius 3 is 2.92 bits per heavy atom. The van der Waals surface area contributed by atoms with Gasteiger partial charge >= 0.3 is 5.97 Å². The van der Waals surface area contributed by atoms with Crippen LogP contribution in [0, 0.1) is 0 Å². The molecule has 3 aromatic rings. The molecule has 0 aliphatic carbocycles. The van der Waals surface area contributed by atoms with Crippen molar-refractivity contribution in [1.82, 2.24) is 10.3 Å². The number of carbonyl (C=O) groups is 2. The quantitative estimate of drug-likeness (QED) is 0.510. The zero-order valence-electron chi connectivity index (χ0n) is 13.3. The van der Waals surface area contributed by atoms with E-state index in [0.717, 1.165) is 20.8 Å². The molecule has 25 heavy (non-hydrogen) atoms. The SMILES string of the molecule is O=C(COC(=O)/C=C/c1ccsc1)NCCc1nc2ccccc2s1. The first-order chi connectivity index (χ1) is 12.2. The smallest absolute Gasteiger partial charge is 0.331 e. The number of hydrogen-bond donors (Lipinski definition) is 1. The fraction of sp³-hybridized carbons (Fsp3) is 0.167. The van der Waals surface area contributed by atoms with E-state index >= 15 is 0 Å². The number of rotatable bonds is 7. The summed E-state index contributed by atoms with van der Waals surface area (Å²) >= 11 is 3.16. The van der Waals surface area contributed by atoms with Gasteiger partial charge in [0.25, 0.3) is 5.91 Å². The summed E-state index contributed by atoms with van der Waals surface area (Å²) in [4.78, 5) is 27.8. The van der Waals surface area contributed by atoms with Gasteiger partial charge in [-0.3, -0.25) is 4.79 Å². The van der Waals surface area contributed by atoms with Crippen molar-refractivity contribution in [1.29, 1.82) is 0 Å². The van der Waals surface area contributed by atoms with E-state index in [1.165, 1.54) is 6.08 Å². The molecule has 2 heterocycles. The topological polar surface area (TPSA) is 68.3 Å². The lowest BCUT2D eigenvalue weighted by atomic mass is 10.3. The Labute approximate surface area is 153 Å². The van der Waals surface area contributed by atoms with Crippen LogP contribution in [0.25, 0.3) is 16.3 Å². The number of hydrogen-bond acceptors (Lipinski definition) is 6. The number of para-hydroxylation sites is 1. The average molecular weight is 372 g/mol. The molecule has 0 saturated heterocycles. The van der Waals surface area contributed by atoms with Crippen molar-refractivity contribution in [3.8, 4) is 0 Å². The molecule has 0 saturated carbocycles. The maximum atomic E-state index is 11.7. The number of thiazole rings is 1. The summed E-state index contributed by atoms with van der Waals surface area (Å²) in [7, 11) is 0. The highest BCUT2D eigenvalue weighted by Gasteiger charge is 2.06. The fourth-order valence-corrected chi connectivity index (χ4v) is 3.70. The minimum atomic E-state index is -0.535. The Hall–Kier alpha value is -2.51. The van der Waals surface area contributed by atoms with Crippen molar-refractivity contribution >= 4 is 50.8 Å². The van der Waals surface area contributed by atoms with Gasteiger partial charge in [0.15, 0.2) is 6.61 Å². The first-order valence-corrected chi connectivity index (χ1v) is 9.45. The summed E-state index contributed by atoms with van der Waals surface area (Å²) in [5, 5.41) is 7.53. The molecule has 1 aromatic carbocycles. The number of amides is 1. The molecule has 0 bridgehead atoms. The van der Waals surface area contributed by atoms with Crippen LogP contribution in [0.15, 0.2) is 47.2 Å². The fourth-order valence-electron chi connectivity index (χ4n) is 2.11. The molecule has 0 atom stereocenters. The van der Waals surface area contributed by atoms with Gasteiger partial charge in [0.2, 0.25) is 0 Å². The number of carbonyl (C=O) groups excluding carboxylic acids is 2. The second-order valence-electron chi connectivity index (χ2n) is 5.17. The highest BCUT2D eigenvalue weighted by molar-refractivity contribution is 7.18. The third-order valence-corrected chi connectivity index (χ3v) is 5.10. The van der Waals surface area contributed by atoms with E-state index in [0.29, 0.717) is 13.0 Å². The van der Waals surface area contributed by atoms with Crippen LogP contribution in [0.5, 0.6) is 0 Å². The molecule has 0 aliphatic heterocycles.